The Hall–Kier alpha value is -3.13. The molecule has 142 valence electrons. The number of anilines is 1. The number of amides is 2. The van der Waals surface area contributed by atoms with E-state index in [1.165, 1.54) is 7.11 Å². The number of rotatable bonds is 7. The molecule has 1 aromatic carbocycles. The average molecular weight is 369 g/mol. The lowest BCUT2D eigenvalue weighted by Gasteiger charge is -2.19. The van der Waals surface area contributed by atoms with E-state index in [-0.39, 0.29) is 12.5 Å². The van der Waals surface area contributed by atoms with E-state index in [0.717, 1.165) is 17.4 Å². The number of benzene rings is 1. The molecule has 2 heterocycles. The van der Waals surface area contributed by atoms with Crippen LogP contribution in [0.5, 0.6) is 5.88 Å². The van der Waals surface area contributed by atoms with Gasteiger partial charge in [-0.3, -0.25) is 10.4 Å². The first kappa shape index (κ1) is 18.7. The van der Waals surface area contributed by atoms with E-state index in [0.29, 0.717) is 17.2 Å². The van der Waals surface area contributed by atoms with Crippen molar-refractivity contribution < 1.29 is 14.6 Å². The van der Waals surface area contributed by atoms with Crippen molar-refractivity contribution in [3.63, 3.8) is 0 Å². The third-order valence-corrected chi connectivity index (χ3v) is 4.38. The van der Waals surface area contributed by atoms with Crippen LogP contribution in [0.2, 0.25) is 0 Å². The number of fused-ring (bicyclic) bond motifs is 1. The number of nitrogens with one attached hydrogen (secondary N) is 3. The lowest BCUT2D eigenvalue weighted by Crippen LogP contribution is -2.38. The van der Waals surface area contributed by atoms with Crippen LogP contribution < -0.4 is 15.4 Å². The van der Waals surface area contributed by atoms with E-state index < -0.39 is 12.1 Å². The maximum absolute atomic E-state index is 12.1. The molecule has 2 atom stereocenters. The van der Waals surface area contributed by atoms with Gasteiger partial charge in [0.25, 0.3) is 0 Å². The predicted octanol–water partition coefficient (Wildman–Crippen LogP) is 2.33. The number of pyridine rings is 1. The number of H-pyrrole nitrogens is 1. The number of ether oxygens (including phenoxy) is 1. The highest BCUT2D eigenvalue weighted by Gasteiger charge is 2.16. The fraction of sp³-hybridized carbons (Fsp3) is 0.316. The van der Waals surface area contributed by atoms with Gasteiger partial charge in [-0.25, -0.2) is 9.78 Å². The summed E-state index contributed by atoms with van der Waals surface area (Å²) in [5.41, 5.74) is 1.86. The Balaban J connectivity index is 1.50. The molecular weight excluding hydrogens is 346 g/mol. The molecule has 0 aliphatic carbocycles. The molecule has 0 radical (unpaired) electrons. The minimum atomic E-state index is -0.650. The van der Waals surface area contributed by atoms with Crippen molar-refractivity contribution in [3.05, 3.63) is 48.2 Å². The molecule has 3 rings (SSSR count). The van der Waals surface area contributed by atoms with E-state index in [4.69, 9.17) is 4.74 Å². The second kappa shape index (κ2) is 8.50. The summed E-state index contributed by atoms with van der Waals surface area (Å²) in [4.78, 5) is 16.2. The second-order valence-corrected chi connectivity index (χ2v) is 6.42. The van der Waals surface area contributed by atoms with Crippen LogP contribution in [-0.4, -0.2) is 46.1 Å². The quantitative estimate of drug-likeness (QED) is 0.511. The van der Waals surface area contributed by atoms with Gasteiger partial charge in [0.2, 0.25) is 5.88 Å². The van der Waals surface area contributed by atoms with Crippen LogP contribution in [0, 0.1) is 5.92 Å². The number of carbonyl (C=O) groups is 1. The number of nitrogens with zero attached hydrogens (tertiary/aromatic N) is 2. The summed E-state index contributed by atoms with van der Waals surface area (Å²) >= 11 is 0. The molecule has 0 saturated heterocycles. The van der Waals surface area contributed by atoms with Gasteiger partial charge in [0, 0.05) is 18.8 Å². The standard InChI is InChI=1S/C19H23N5O3/c1-12(8-13-6-4-3-5-7-13)16(25)11-21-19(26)22-17-9-15-14(10-20-17)18(27-2)24-23-15/h3-7,9-10,12,16,25H,8,11H2,1-2H3,(H,23,24)(H2,20,21,22,26)/t12?,16-/m1/s1. The van der Waals surface area contributed by atoms with E-state index >= 15 is 0 Å². The zero-order chi connectivity index (χ0) is 19.2. The van der Waals surface area contributed by atoms with Crippen molar-refractivity contribution in [3.8, 4) is 5.88 Å². The van der Waals surface area contributed by atoms with Gasteiger partial charge < -0.3 is 15.2 Å². The minimum Gasteiger partial charge on any atom is -0.479 e. The monoisotopic (exact) mass is 369 g/mol. The van der Waals surface area contributed by atoms with E-state index in [9.17, 15) is 9.90 Å². The summed E-state index contributed by atoms with van der Waals surface area (Å²) in [6, 6.07) is 11.2. The molecule has 8 heteroatoms. The Morgan fingerprint density at radius 1 is 1.33 bits per heavy atom. The Morgan fingerprint density at radius 3 is 2.85 bits per heavy atom. The number of urea groups is 1. The molecular formula is C19H23N5O3. The molecule has 8 nitrogen and oxygen atoms in total. The maximum Gasteiger partial charge on any atom is 0.320 e. The zero-order valence-electron chi connectivity index (χ0n) is 15.3. The number of aliphatic hydroxyl groups excluding tert-OH is 1. The summed E-state index contributed by atoms with van der Waals surface area (Å²) in [5.74, 6) is 0.835. The van der Waals surface area contributed by atoms with E-state index in [1.54, 1.807) is 12.3 Å². The number of aromatic amines is 1. The summed E-state index contributed by atoms with van der Waals surface area (Å²) in [6.45, 7) is 2.11. The zero-order valence-corrected chi connectivity index (χ0v) is 15.3. The Labute approximate surface area is 157 Å². The number of hydrogen-bond acceptors (Lipinski definition) is 5. The van der Waals surface area contributed by atoms with Crippen molar-refractivity contribution in [1.29, 1.82) is 0 Å². The first-order valence-corrected chi connectivity index (χ1v) is 8.71. The molecule has 1 unspecified atom stereocenters. The molecule has 0 aliphatic rings. The molecule has 0 bridgehead atoms. The molecule has 2 amide bonds. The van der Waals surface area contributed by atoms with Crippen molar-refractivity contribution in [2.45, 2.75) is 19.4 Å². The molecule has 27 heavy (non-hydrogen) atoms. The van der Waals surface area contributed by atoms with Crippen LogP contribution in [0.25, 0.3) is 10.9 Å². The van der Waals surface area contributed by atoms with Gasteiger partial charge in [-0.1, -0.05) is 37.3 Å². The molecule has 0 fully saturated rings. The van der Waals surface area contributed by atoms with Crippen LogP contribution in [0.3, 0.4) is 0 Å². The topological polar surface area (TPSA) is 112 Å². The first-order chi connectivity index (χ1) is 13.1. The van der Waals surface area contributed by atoms with Crippen molar-refractivity contribution >= 4 is 22.8 Å². The second-order valence-electron chi connectivity index (χ2n) is 6.42. The number of hydrogen-bond donors (Lipinski definition) is 4. The lowest BCUT2D eigenvalue weighted by molar-refractivity contribution is 0.117. The molecule has 0 aliphatic heterocycles. The van der Waals surface area contributed by atoms with Gasteiger partial charge >= 0.3 is 6.03 Å². The van der Waals surface area contributed by atoms with Crippen molar-refractivity contribution in [1.82, 2.24) is 20.5 Å². The molecule has 0 spiro atoms. The number of carbonyl (C=O) groups excluding carboxylic acids is 1. The third kappa shape index (κ3) is 4.73. The molecule has 3 aromatic rings. The Morgan fingerprint density at radius 2 is 2.11 bits per heavy atom. The molecule has 4 N–H and O–H groups in total. The van der Waals surface area contributed by atoms with Gasteiger partial charge in [-0.15, -0.1) is 5.10 Å². The van der Waals surface area contributed by atoms with Gasteiger partial charge in [-0.05, 0) is 17.9 Å². The lowest BCUT2D eigenvalue weighted by atomic mass is 9.96. The largest absolute Gasteiger partial charge is 0.479 e. The first-order valence-electron chi connectivity index (χ1n) is 8.71. The van der Waals surface area contributed by atoms with Crippen LogP contribution >= 0.6 is 0 Å². The fourth-order valence-electron chi connectivity index (χ4n) is 2.79. The van der Waals surface area contributed by atoms with Crippen LogP contribution in [-0.2, 0) is 6.42 Å². The van der Waals surface area contributed by atoms with Gasteiger partial charge in [0.1, 0.15) is 5.82 Å². The van der Waals surface area contributed by atoms with Gasteiger partial charge in [-0.2, -0.15) is 0 Å². The Kier molecular flexibility index (Phi) is 5.87. The highest BCUT2D eigenvalue weighted by Crippen LogP contribution is 2.22. The molecule has 0 saturated carbocycles. The average Bonchev–Trinajstić information content (AvgIpc) is 3.09. The summed E-state index contributed by atoms with van der Waals surface area (Å²) < 4.78 is 5.11. The van der Waals surface area contributed by atoms with Crippen molar-refractivity contribution in [2.24, 2.45) is 5.92 Å². The summed E-state index contributed by atoms with van der Waals surface area (Å²) in [5, 5.41) is 23.1. The van der Waals surface area contributed by atoms with Crippen LogP contribution in [0.1, 0.15) is 12.5 Å². The SMILES string of the molecule is COc1n[nH]c2cc(NC(=O)NC[C@@H](O)C(C)Cc3ccccc3)ncc12. The Bertz CT molecular complexity index is 897. The van der Waals surface area contributed by atoms with Gasteiger partial charge in [0.15, 0.2) is 0 Å². The predicted molar refractivity (Wildman–Crippen MR) is 103 cm³/mol. The molecule has 2 aromatic heterocycles. The number of methoxy groups -OCH3 is 1. The van der Waals surface area contributed by atoms with Crippen LogP contribution in [0.4, 0.5) is 10.6 Å². The van der Waals surface area contributed by atoms with E-state index in [2.05, 4.69) is 25.8 Å². The summed E-state index contributed by atoms with van der Waals surface area (Å²) in [6.07, 6.45) is 1.66. The highest BCUT2D eigenvalue weighted by atomic mass is 16.5. The van der Waals surface area contributed by atoms with Gasteiger partial charge in [0.05, 0.1) is 24.1 Å². The number of aliphatic hydroxyl groups is 1. The fourth-order valence-corrected chi connectivity index (χ4v) is 2.79. The third-order valence-electron chi connectivity index (χ3n) is 4.38. The normalized spacial score (nSPS) is 13.1. The minimum absolute atomic E-state index is 0.0135. The number of aromatic nitrogens is 3. The smallest absolute Gasteiger partial charge is 0.320 e. The summed E-state index contributed by atoms with van der Waals surface area (Å²) in [7, 11) is 1.53. The maximum atomic E-state index is 12.1. The van der Waals surface area contributed by atoms with E-state index in [1.807, 2.05) is 37.3 Å². The highest BCUT2D eigenvalue weighted by molar-refractivity contribution is 5.91. The van der Waals surface area contributed by atoms with Crippen molar-refractivity contribution in [2.75, 3.05) is 19.0 Å². The van der Waals surface area contributed by atoms with Crippen LogP contribution in [0.15, 0.2) is 42.6 Å².